The molecule has 23 heavy (non-hydrogen) atoms. The number of benzene rings is 2. The van der Waals surface area contributed by atoms with Crippen LogP contribution in [0.2, 0.25) is 0 Å². The molecule has 0 atom stereocenters. The van der Waals surface area contributed by atoms with Crippen molar-refractivity contribution in [1.82, 2.24) is 0 Å². The van der Waals surface area contributed by atoms with E-state index in [0.29, 0.717) is 0 Å². The van der Waals surface area contributed by atoms with E-state index >= 15 is 0 Å². The quantitative estimate of drug-likeness (QED) is 0.569. The molecule has 4 rings (SSSR count). The molecule has 0 saturated carbocycles. The average molecular weight is 300 g/mol. The molecule has 0 bridgehead atoms. The summed E-state index contributed by atoms with van der Waals surface area (Å²) in [5.74, 6) is 0. The molecule has 0 radical (unpaired) electrons. The van der Waals surface area contributed by atoms with Crippen molar-refractivity contribution in [1.29, 1.82) is 0 Å². The summed E-state index contributed by atoms with van der Waals surface area (Å²) in [7, 11) is 2.15. The number of rotatable bonds is 1. The van der Waals surface area contributed by atoms with Crippen molar-refractivity contribution in [3.05, 3.63) is 77.5 Å². The molecule has 1 aliphatic carbocycles. The minimum absolute atomic E-state index is 0.0164. The Labute approximate surface area is 138 Å². The van der Waals surface area contributed by atoms with Crippen molar-refractivity contribution in [2.75, 3.05) is 0 Å². The van der Waals surface area contributed by atoms with Gasteiger partial charge < -0.3 is 0 Å². The highest BCUT2D eigenvalue weighted by Gasteiger charge is 2.41. The highest BCUT2D eigenvalue weighted by molar-refractivity contribution is 5.85. The van der Waals surface area contributed by atoms with Gasteiger partial charge in [0.2, 0.25) is 5.69 Å². The van der Waals surface area contributed by atoms with Gasteiger partial charge in [-0.3, -0.25) is 0 Å². The third kappa shape index (κ3) is 1.89. The topological polar surface area (TPSA) is 3.88 Å². The van der Waals surface area contributed by atoms with Crippen molar-refractivity contribution >= 4 is 0 Å². The second-order valence-corrected chi connectivity index (χ2v) is 7.05. The van der Waals surface area contributed by atoms with Gasteiger partial charge in [-0.15, -0.1) is 0 Å². The lowest BCUT2D eigenvalue weighted by Gasteiger charge is -2.22. The number of hydrogen-bond donors (Lipinski definition) is 0. The van der Waals surface area contributed by atoms with E-state index in [2.05, 4.69) is 93.2 Å². The van der Waals surface area contributed by atoms with Crippen LogP contribution >= 0.6 is 0 Å². The Morgan fingerprint density at radius 1 is 0.783 bits per heavy atom. The maximum atomic E-state index is 2.35. The normalized spacial score (nSPS) is 14.4. The minimum Gasteiger partial charge on any atom is -0.201 e. The van der Waals surface area contributed by atoms with Crippen LogP contribution in [-0.2, 0) is 12.5 Å². The van der Waals surface area contributed by atoms with E-state index in [4.69, 9.17) is 0 Å². The monoisotopic (exact) mass is 300 g/mol. The Morgan fingerprint density at radius 2 is 1.43 bits per heavy atom. The lowest BCUT2D eigenvalue weighted by atomic mass is 9.80. The molecule has 0 spiro atoms. The van der Waals surface area contributed by atoms with E-state index in [1.807, 2.05) is 0 Å². The fraction of sp³-hybridized carbons (Fsp3) is 0.227. The van der Waals surface area contributed by atoms with E-state index in [9.17, 15) is 0 Å². The number of nitrogens with zero attached hydrogens (tertiary/aromatic N) is 1. The maximum Gasteiger partial charge on any atom is 0.217 e. The summed E-state index contributed by atoms with van der Waals surface area (Å²) in [4.78, 5) is 0. The van der Waals surface area contributed by atoms with Gasteiger partial charge in [-0.1, -0.05) is 56.3 Å². The molecule has 3 aromatic rings. The predicted octanol–water partition coefficient (Wildman–Crippen LogP) is 4.79. The number of aryl methyl sites for hydroxylation is 2. The summed E-state index contributed by atoms with van der Waals surface area (Å²) in [6.07, 6.45) is 2.19. The first-order chi connectivity index (χ1) is 11.0. The lowest BCUT2D eigenvalue weighted by Crippen LogP contribution is -2.34. The number of aromatic nitrogens is 1. The van der Waals surface area contributed by atoms with Gasteiger partial charge in [0, 0.05) is 22.6 Å². The van der Waals surface area contributed by atoms with Gasteiger partial charge in [-0.2, -0.15) is 0 Å². The zero-order valence-electron chi connectivity index (χ0n) is 14.2. The van der Waals surface area contributed by atoms with Crippen molar-refractivity contribution in [3.8, 4) is 22.4 Å². The first kappa shape index (κ1) is 14.2. The van der Waals surface area contributed by atoms with Gasteiger partial charge in [-0.25, -0.2) is 4.57 Å². The van der Waals surface area contributed by atoms with Crippen LogP contribution in [0.15, 0.2) is 60.8 Å². The second-order valence-electron chi connectivity index (χ2n) is 7.05. The number of hydrogen-bond acceptors (Lipinski definition) is 0. The minimum atomic E-state index is 0.0164. The summed E-state index contributed by atoms with van der Waals surface area (Å²) < 4.78 is 2.27. The molecule has 0 aliphatic heterocycles. The highest BCUT2D eigenvalue weighted by atomic mass is 14.9. The van der Waals surface area contributed by atoms with Crippen molar-refractivity contribution in [2.24, 2.45) is 7.05 Å². The summed E-state index contributed by atoms with van der Waals surface area (Å²) >= 11 is 0. The van der Waals surface area contributed by atoms with Crippen molar-refractivity contribution in [3.63, 3.8) is 0 Å². The summed E-state index contributed by atoms with van der Waals surface area (Å²) in [5, 5.41) is 0. The SMILES string of the molecule is Cc1ccccc1-c1c2c(cc[n+]1C)-c1ccccc1C2(C)C. The van der Waals surface area contributed by atoms with Crippen molar-refractivity contribution in [2.45, 2.75) is 26.2 Å². The summed E-state index contributed by atoms with van der Waals surface area (Å²) in [6, 6.07) is 19.8. The first-order valence-corrected chi connectivity index (χ1v) is 8.21. The van der Waals surface area contributed by atoms with E-state index < -0.39 is 0 Å². The molecule has 1 aliphatic rings. The van der Waals surface area contributed by atoms with Crippen LogP contribution < -0.4 is 4.57 Å². The molecule has 1 heteroatoms. The largest absolute Gasteiger partial charge is 0.217 e. The summed E-state index contributed by atoms with van der Waals surface area (Å²) in [5.41, 5.74) is 9.62. The molecule has 0 amide bonds. The molecule has 0 N–H and O–H groups in total. The van der Waals surface area contributed by atoms with Crippen LogP contribution in [0.4, 0.5) is 0 Å². The predicted molar refractivity (Wildman–Crippen MR) is 95.4 cm³/mol. The Morgan fingerprint density at radius 3 is 2.17 bits per heavy atom. The van der Waals surface area contributed by atoms with Crippen LogP contribution in [0.1, 0.15) is 30.5 Å². The highest BCUT2D eigenvalue weighted by Crippen LogP contribution is 2.51. The number of fused-ring (bicyclic) bond motifs is 3. The van der Waals surface area contributed by atoms with Gasteiger partial charge in [0.25, 0.3) is 0 Å². The standard InChI is InChI=1S/C22H22N/c1-15-9-5-6-10-16(15)21-20-18(13-14-23(21)4)17-11-7-8-12-19(17)22(20,2)3/h5-14H,1-4H3/q+1. The van der Waals surface area contributed by atoms with Crippen molar-refractivity contribution < 1.29 is 4.57 Å². The van der Waals surface area contributed by atoms with Gasteiger partial charge in [-0.05, 0) is 35.2 Å². The van der Waals surface area contributed by atoms with E-state index in [0.717, 1.165) is 0 Å². The Kier molecular flexibility index (Phi) is 2.96. The molecule has 1 heterocycles. The van der Waals surface area contributed by atoms with Gasteiger partial charge in [0.15, 0.2) is 6.20 Å². The van der Waals surface area contributed by atoms with Gasteiger partial charge >= 0.3 is 0 Å². The Bertz CT molecular complexity index is 919. The van der Waals surface area contributed by atoms with Gasteiger partial charge in [0.1, 0.15) is 7.05 Å². The second kappa shape index (κ2) is 4.79. The molecular formula is C22H22N+. The van der Waals surface area contributed by atoms with Gasteiger partial charge in [0.05, 0.1) is 0 Å². The first-order valence-electron chi connectivity index (χ1n) is 8.21. The van der Waals surface area contributed by atoms with E-state index in [1.165, 1.54) is 39.1 Å². The summed E-state index contributed by atoms with van der Waals surface area (Å²) in [6.45, 7) is 6.89. The fourth-order valence-corrected chi connectivity index (χ4v) is 4.07. The Balaban J connectivity index is 2.12. The van der Waals surface area contributed by atoms with Crippen LogP contribution in [0, 0.1) is 6.92 Å². The number of pyridine rings is 1. The molecule has 1 nitrogen and oxygen atoms in total. The zero-order chi connectivity index (χ0) is 16.2. The smallest absolute Gasteiger partial charge is 0.201 e. The zero-order valence-corrected chi connectivity index (χ0v) is 14.2. The molecule has 2 aromatic carbocycles. The third-order valence-electron chi connectivity index (χ3n) is 5.24. The fourth-order valence-electron chi connectivity index (χ4n) is 4.07. The van der Waals surface area contributed by atoms with E-state index in [-0.39, 0.29) is 5.41 Å². The van der Waals surface area contributed by atoms with Crippen LogP contribution in [0.5, 0.6) is 0 Å². The molecule has 0 unspecified atom stereocenters. The third-order valence-corrected chi connectivity index (χ3v) is 5.24. The Hall–Kier alpha value is -2.41. The molecular weight excluding hydrogens is 278 g/mol. The molecule has 0 saturated heterocycles. The maximum absolute atomic E-state index is 2.35. The lowest BCUT2D eigenvalue weighted by molar-refractivity contribution is -0.660. The van der Waals surface area contributed by atoms with Crippen LogP contribution in [0.25, 0.3) is 22.4 Å². The molecule has 114 valence electrons. The average Bonchev–Trinajstić information content (AvgIpc) is 2.77. The van der Waals surface area contributed by atoms with Crippen LogP contribution in [0.3, 0.4) is 0 Å². The molecule has 0 fully saturated rings. The van der Waals surface area contributed by atoms with E-state index in [1.54, 1.807) is 0 Å². The molecule has 1 aromatic heterocycles. The van der Waals surface area contributed by atoms with Crippen LogP contribution in [-0.4, -0.2) is 0 Å².